The summed E-state index contributed by atoms with van der Waals surface area (Å²) >= 11 is 0. The molecular weight excluding hydrogens is 238 g/mol. The molecule has 1 aromatic rings. The normalized spacial score (nSPS) is 16.5. The van der Waals surface area contributed by atoms with Gasteiger partial charge in [0.15, 0.2) is 5.76 Å². The third kappa shape index (κ3) is 2.51. The van der Waals surface area contributed by atoms with E-state index in [4.69, 9.17) is 4.42 Å². The highest BCUT2D eigenvalue weighted by atomic mass is 16.6. The Morgan fingerprint density at radius 1 is 1.50 bits per heavy atom. The SMILES string of the molecule is CN(C(=O)c1ccc([N+](=O)[O-])o1)C1CCNCC1. The van der Waals surface area contributed by atoms with Gasteiger partial charge in [-0.05, 0) is 32.0 Å². The van der Waals surface area contributed by atoms with E-state index in [0.717, 1.165) is 25.9 Å². The van der Waals surface area contributed by atoms with Gasteiger partial charge in [-0.3, -0.25) is 14.9 Å². The second kappa shape index (κ2) is 5.18. The van der Waals surface area contributed by atoms with Crippen LogP contribution in [0, 0.1) is 10.1 Å². The maximum atomic E-state index is 12.1. The van der Waals surface area contributed by atoms with Crippen LogP contribution >= 0.6 is 0 Å². The Kier molecular flexibility index (Phi) is 3.61. The number of nitrogens with one attached hydrogen (secondary N) is 1. The highest BCUT2D eigenvalue weighted by molar-refractivity contribution is 5.91. The Morgan fingerprint density at radius 2 is 2.17 bits per heavy atom. The summed E-state index contributed by atoms with van der Waals surface area (Å²) in [4.78, 5) is 23.5. The van der Waals surface area contributed by atoms with Gasteiger partial charge < -0.3 is 14.6 Å². The molecule has 1 aromatic heterocycles. The van der Waals surface area contributed by atoms with E-state index in [1.165, 1.54) is 12.1 Å². The zero-order chi connectivity index (χ0) is 13.1. The predicted molar refractivity (Wildman–Crippen MR) is 63.3 cm³/mol. The molecular formula is C11H15N3O4. The van der Waals surface area contributed by atoms with E-state index < -0.39 is 10.8 Å². The molecule has 1 fully saturated rings. The lowest BCUT2D eigenvalue weighted by Crippen LogP contribution is -2.43. The second-order valence-corrected chi connectivity index (χ2v) is 4.29. The van der Waals surface area contributed by atoms with E-state index in [1.54, 1.807) is 11.9 Å². The van der Waals surface area contributed by atoms with Gasteiger partial charge in [-0.15, -0.1) is 0 Å². The minimum Gasteiger partial charge on any atom is -0.395 e. The fraction of sp³-hybridized carbons (Fsp3) is 0.545. The van der Waals surface area contributed by atoms with Gasteiger partial charge in [-0.25, -0.2) is 0 Å². The fourth-order valence-corrected chi connectivity index (χ4v) is 2.07. The number of piperidine rings is 1. The van der Waals surface area contributed by atoms with Crippen molar-refractivity contribution in [2.75, 3.05) is 20.1 Å². The number of rotatable bonds is 3. The first-order valence-corrected chi connectivity index (χ1v) is 5.81. The lowest BCUT2D eigenvalue weighted by atomic mass is 10.1. The molecule has 2 rings (SSSR count). The average Bonchev–Trinajstić information content (AvgIpc) is 2.88. The fourth-order valence-electron chi connectivity index (χ4n) is 2.07. The quantitative estimate of drug-likeness (QED) is 0.641. The standard InChI is InChI=1S/C11H15N3O4/c1-13(8-4-6-12-7-5-8)11(15)9-2-3-10(18-9)14(16)17/h2-3,8,12H,4-7H2,1H3. The third-order valence-corrected chi connectivity index (χ3v) is 3.16. The van der Waals surface area contributed by atoms with Crippen LogP contribution in [0.5, 0.6) is 0 Å². The Bertz CT molecular complexity index is 451. The first kappa shape index (κ1) is 12.6. The summed E-state index contributed by atoms with van der Waals surface area (Å²) in [6.45, 7) is 1.75. The number of amides is 1. The van der Waals surface area contributed by atoms with Crippen molar-refractivity contribution in [3.05, 3.63) is 28.0 Å². The van der Waals surface area contributed by atoms with Gasteiger partial charge in [0.05, 0.1) is 6.07 Å². The maximum Gasteiger partial charge on any atom is 0.433 e. The van der Waals surface area contributed by atoms with Crippen LogP contribution in [0.2, 0.25) is 0 Å². The molecule has 1 aliphatic heterocycles. The Balaban J connectivity index is 2.07. The molecule has 0 unspecified atom stereocenters. The predicted octanol–water partition coefficient (Wildman–Crippen LogP) is 1.01. The molecule has 18 heavy (non-hydrogen) atoms. The first-order chi connectivity index (χ1) is 8.59. The first-order valence-electron chi connectivity index (χ1n) is 5.81. The van der Waals surface area contributed by atoms with Crippen LogP contribution in [-0.4, -0.2) is 41.9 Å². The minimum absolute atomic E-state index is 0.0164. The van der Waals surface area contributed by atoms with Crippen molar-refractivity contribution < 1.29 is 14.1 Å². The van der Waals surface area contributed by atoms with E-state index in [9.17, 15) is 14.9 Å². The molecule has 0 saturated carbocycles. The minimum atomic E-state index is -0.651. The van der Waals surface area contributed by atoms with Gasteiger partial charge in [-0.2, -0.15) is 0 Å². The molecule has 0 spiro atoms. The molecule has 1 saturated heterocycles. The van der Waals surface area contributed by atoms with Crippen LogP contribution in [0.3, 0.4) is 0 Å². The molecule has 0 radical (unpaired) electrons. The maximum absolute atomic E-state index is 12.1. The van der Waals surface area contributed by atoms with Crippen molar-refractivity contribution in [2.24, 2.45) is 0 Å². The van der Waals surface area contributed by atoms with Crippen LogP contribution in [-0.2, 0) is 0 Å². The molecule has 0 bridgehead atoms. The van der Waals surface area contributed by atoms with Crippen molar-refractivity contribution in [3.8, 4) is 0 Å². The molecule has 1 amide bonds. The van der Waals surface area contributed by atoms with Crippen molar-refractivity contribution in [1.29, 1.82) is 0 Å². The zero-order valence-corrected chi connectivity index (χ0v) is 10.1. The smallest absolute Gasteiger partial charge is 0.395 e. The summed E-state index contributed by atoms with van der Waals surface area (Å²) in [6.07, 6.45) is 1.76. The highest BCUT2D eigenvalue weighted by Crippen LogP contribution is 2.19. The van der Waals surface area contributed by atoms with E-state index in [0.29, 0.717) is 0 Å². The van der Waals surface area contributed by atoms with Gasteiger partial charge >= 0.3 is 5.88 Å². The van der Waals surface area contributed by atoms with E-state index in [-0.39, 0.29) is 17.7 Å². The summed E-state index contributed by atoms with van der Waals surface area (Å²) in [5.41, 5.74) is 0. The van der Waals surface area contributed by atoms with Gasteiger partial charge in [-0.1, -0.05) is 0 Å². The van der Waals surface area contributed by atoms with Gasteiger partial charge in [0.1, 0.15) is 4.92 Å². The lowest BCUT2D eigenvalue weighted by molar-refractivity contribution is -0.402. The largest absolute Gasteiger partial charge is 0.433 e. The molecule has 0 aliphatic carbocycles. The Labute approximate surface area is 104 Å². The summed E-state index contributed by atoms with van der Waals surface area (Å²) in [6, 6.07) is 2.70. The number of carbonyl (C=O) groups excluding carboxylic acids is 1. The van der Waals surface area contributed by atoms with Crippen LogP contribution in [0.15, 0.2) is 16.5 Å². The van der Waals surface area contributed by atoms with Crippen LogP contribution in [0.4, 0.5) is 5.88 Å². The number of nitrogens with zero attached hydrogens (tertiary/aromatic N) is 2. The monoisotopic (exact) mass is 253 g/mol. The molecule has 7 heteroatoms. The van der Waals surface area contributed by atoms with Crippen molar-refractivity contribution in [1.82, 2.24) is 10.2 Å². The van der Waals surface area contributed by atoms with Crippen LogP contribution in [0.25, 0.3) is 0 Å². The number of hydrogen-bond acceptors (Lipinski definition) is 5. The summed E-state index contributed by atoms with van der Waals surface area (Å²) in [5.74, 6) is -0.699. The Morgan fingerprint density at radius 3 is 2.72 bits per heavy atom. The van der Waals surface area contributed by atoms with Crippen LogP contribution in [0.1, 0.15) is 23.4 Å². The van der Waals surface area contributed by atoms with Crippen molar-refractivity contribution >= 4 is 11.8 Å². The number of nitro groups is 1. The van der Waals surface area contributed by atoms with Crippen LogP contribution < -0.4 is 5.32 Å². The molecule has 1 N–H and O–H groups in total. The van der Waals surface area contributed by atoms with Gasteiger partial charge in [0.2, 0.25) is 0 Å². The molecule has 7 nitrogen and oxygen atoms in total. The second-order valence-electron chi connectivity index (χ2n) is 4.29. The molecule has 98 valence electrons. The lowest BCUT2D eigenvalue weighted by Gasteiger charge is -2.30. The van der Waals surface area contributed by atoms with Gasteiger partial charge in [0, 0.05) is 13.1 Å². The summed E-state index contributed by atoms with van der Waals surface area (Å²) in [7, 11) is 1.70. The van der Waals surface area contributed by atoms with Crippen molar-refractivity contribution in [2.45, 2.75) is 18.9 Å². The Hall–Kier alpha value is -1.89. The molecule has 0 atom stereocenters. The van der Waals surface area contributed by atoms with Crippen molar-refractivity contribution in [3.63, 3.8) is 0 Å². The van der Waals surface area contributed by atoms with Gasteiger partial charge in [0.25, 0.3) is 5.91 Å². The molecule has 1 aliphatic rings. The third-order valence-electron chi connectivity index (χ3n) is 3.16. The number of carbonyl (C=O) groups is 1. The highest BCUT2D eigenvalue weighted by Gasteiger charge is 2.26. The number of hydrogen-bond donors (Lipinski definition) is 1. The van der Waals surface area contributed by atoms with E-state index in [2.05, 4.69) is 5.32 Å². The van der Waals surface area contributed by atoms with E-state index in [1.807, 2.05) is 0 Å². The summed E-state index contributed by atoms with van der Waals surface area (Å²) in [5, 5.41) is 13.7. The number of furan rings is 1. The summed E-state index contributed by atoms with van der Waals surface area (Å²) < 4.78 is 4.91. The average molecular weight is 253 g/mol. The zero-order valence-electron chi connectivity index (χ0n) is 10.1. The molecule has 2 heterocycles. The molecule has 0 aromatic carbocycles. The van der Waals surface area contributed by atoms with E-state index >= 15 is 0 Å². The topological polar surface area (TPSA) is 88.6 Å².